The van der Waals surface area contributed by atoms with Crippen molar-refractivity contribution in [2.24, 2.45) is 5.73 Å². The monoisotopic (exact) mass is 283 g/mol. The van der Waals surface area contributed by atoms with Crippen LogP contribution in [0.4, 0.5) is 0 Å². The van der Waals surface area contributed by atoms with Gasteiger partial charge in [-0.3, -0.25) is 14.7 Å². The summed E-state index contributed by atoms with van der Waals surface area (Å²) in [5.41, 5.74) is 6.98. The van der Waals surface area contributed by atoms with Crippen LogP contribution in [0, 0.1) is 0 Å². The van der Waals surface area contributed by atoms with Crippen LogP contribution in [0.25, 0.3) is 11.5 Å². The van der Waals surface area contributed by atoms with E-state index in [0.29, 0.717) is 5.82 Å². The lowest BCUT2D eigenvalue weighted by Crippen LogP contribution is -2.33. The predicted octanol–water partition coefficient (Wildman–Crippen LogP) is 1.16. The van der Waals surface area contributed by atoms with Crippen LogP contribution in [-0.2, 0) is 4.79 Å². The highest BCUT2D eigenvalue weighted by atomic mass is 16.1. The van der Waals surface area contributed by atoms with Crippen molar-refractivity contribution in [1.82, 2.24) is 19.9 Å². The summed E-state index contributed by atoms with van der Waals surface area (Å²) in [6, 6.07) is 7.68. The highest BCUT2D eigenvalue weighted by Crippen LogP contribution is 2.30. The first-order chi connectivity index (χ1) is 10.2. The number of hydrogen-bond acceptors (Lipinski definition) is 5. The molecule has 2 N–H and O–H groups in total. The first kappa shape index (κ1) is 13.6. The molecule has 21 heavy (non-hydrogen) atoms. The number of nitrogens with two attached hydrogens (primary N) is 1. The SMILES string of the molecule is NC(=O)CN1CCC[C@@H]1c1ccnc(-c2ccccn2)n1. The van der Waals surface area contributed by atoms with Crippen molar-refractivity contribution in [3.05, 3.63) is 42.4 Å². The maximum absolute atomic E-state index is 11.2. The first-order valence-corrected chi connectivity index (χ1v) is 7.01. The van der Waals surface area contributed by atoms with E-state index in [9.17, 15) is 4.79 Å². The Morgan fingerprint density at radius 2 is 2.19 bits per heavy atom. The van der Waals surface area contributed by atoms with Gasteiger partial charge in [0.05, 0.1) is 18.3 Å². The van der Waals surface area contributed by atoms with Crippen LogP contribution < -0.4 is 5.73 Å². The number of amides is 1. The van der Waals surface area contributed by atoms with Crippen LogP contribution in [0.15, 0.2) is 36.7 Å². The van der Waals surface area contributed by atoms with Gasteiger partial charge in [0.25, 0.3) is 0 Å². The van der Waals surface area contributed by atoms with E-state index < -0.39 is 0 Å². The van der Waals surface area contributed by atoms with Crippen molar-refractivity contribution in [3.8, 4) is 11.5 Å². The average Bonchev–Trinajstić information content (AvgIpc) is 2.96. The number of aromatic nitrogens is 3. The summed E-state index contributed by atoms with van der Waals surface area (Å²) in [5, 5.41) is 0. The molecule has 0 saturated carbocycles. The van der Waals surface area contributed by atoms with Crippen molar-refractivity contribution in [2.45, 2.75) is 18.9 Å². The van der Waals surface area contributed by atoms with Crippen molar-refractivity contribution in [3.63, 3.8) is 0 Å². The zero-order chi connectivity index (χ0) is 14.7. The normalized spacial score (nSPS) is 18.8. The number of pyridine rings is 1. The van der Waals surface area contributed by atoms with E-state index in [1.165, 1.54) is 0 Å². The Morgan fingerprint density at radius 1 is 1.29 bits per heavy atom. The molecule has 108 valence electrons. The number of nitrogens with zero attached hydrogens (tertiary/aromatic N) is 4. The molecule has 3 heterocycles. The van der Waals surface area contributed by atoms with Gasteiger partial charge >= 0.3 is 0 Å². The number of hydrogen-bond donors (Lipinski definition) is 1. The first-order valence-electron chi connectivity index (χ1n) is 7.01. The van der Waals surface area contributed by atoms with E-state index in [0.717, 1.165) is 30.8 Å². The minimum absolute atomic E-state index is 0.128. The summed E-state index contributed by atoms with van der Waals surface area (Å²) in [6.45, 7) is 1.14. The standard InChI is InChI=1S/C15H17N5O/c16-14(21)10-20-9-3-5-13(20)11-6-8-18-15(19-11)12-4-1-2-7-17-12/h1-2,4,6-8,13H,3,5,9-10H2,(H2,16,21)/t13-/m1/s1. The second-order valence-corrected chi connectivity index (χ2v) is 5.11. The number of primary amides is 1. The van der Waals surface area contributed by atoms with Gasteiger partial charge in [0.15, 0.2) is 5.82 Å². The minimum Gasteiger partial charge on any atom is -0.369 e. The van der Waals surface area contributed by atoms with Crippen molar-refractivity contribution in [2.75, 3.05) is 13.1 Å². The molecule has 1 atom stereocenters. The lowest BCUT2D eigenvalue weighted by molar-refractivity contribution is -0.119. The van der Waals surface area contributed by atoms with Crippen LogP contribution in [-0.4, -0.2) is 38.8 Å². The van der Waals surface area contributed by atoms with E-state index in [4.69, 9.17) is 5.73 Å². The smallest absolute Gasteiger partial charge is 0.231 e. The molecule has 1 fully saturated rings. The van der Waals surface area contributed by atoms with Crippen molar-refractivity contribution < 1.29 is 4.79 Å². The third kappa shape index (κ3) is 3.05. The van der Waals surface area contributed by atoms with E-state index in [-0.39, 0.29) is 18.5 Å². The zero-order valence-corrected chi connectivity index (χ0v) is 11.6. The van der Waals surface area contributed by atoms with Crippen LogP contribution >= 0.6 is 0 Å². The zero-order valence-electron chi connectivity index (χ0n) is 11.6. The van der Waals surface area contributed by atoms with E-state index in [2.05, 4.69) is 19.9 Å². The summed E-state index contributed by atoms with van der Waals surface area (Å²) >= 11 is 0. The summed E-state index contributed by atoms with van der Waals surface area (Å²) in [7, 11) is 0. The second-order valence-electron chi connectivity index (χ2n) is 5.11. The predicted molar refractivity (Wildman–Crippen MR) is 78.0 cm³/mol. The molecule has 1 aliphatic heterocycles. The van der Waals surface area contributed by atoms with Gasteiger partial charge in [-0.15, -0.1) is 0 Å². The Hall–Kier alpha value is -2.34. The number of carbonyl (C=O) groups is 1. The Kier molecular flexibility index (Phi) is 3.87. The highest BCUT2D eigenvalue weighted by molar-refractivity contribution is 5.76. The number of carbonyl (C=O) groups excluding carboxylic acids is 1. The molecule has 0 unspecified atom stereocenters. The maximum atomic E-state index is 11.2. The third-order valence-electron chi connectivity index (χ3n) is 3.64. The fourth-order valence-corrected chi connectivity index (χ4v) is 2.73. The molecule has 0 aliphatic carbocycles. The van der Waals surface area contributed by atoms with Crippen molar-refractivity contribution >= 4 is 5.91 Å². The third-order valence-corrected chi connectivity index (χ3v) is 3.64. The summed E-state index contributed by atoms with van der Waals surface area (Å²) in [6.07, 6.45) is 5.49. The molecule has 0 spiro atoms. The Bertz CT molecular complexity index is 631. The van der Waals surface area contributed by atoms with Crippen LogP contribution in [0.3, 0.4) is 0 Å². The quantitative estimate of drug-likeness (QED) is 0.910. The van der Waals surface area contributed by atoms with Crippen molar-refractivity contribution in [1.29, 1.82) is 0 Å². The summed E-state index contributed by atoms with van der Waals surface area (Å²) in [5.74, 6) is 0.305. The molecule has 2 aromatic rings. The van der Waals surface area contributed by atoms with Gasteiger partial charge in [-0.2, -0.15) is 0 Å². The fraction of sp³-hybridized carbons (Fsp3) is 0.333. The van der Waals surface area contributed by atoms with Gasteiger partial charge in [0.1, 0.15) is 5.69 Å². The topological polar surface area (TPSA) is 85.0 Å². The molecular formula is C15H17N5O. The van der Waals surface area contributed by atoms with Crippen LogP contribution in [0.5, 0.6) is 0 Å². The van der Waals surface area contributed by atoms with Gasteiger partial charge in [0.2, 0.25) is 5.91 Å². The molecule has 1 amide bonds. The molecule has 2 aromatic heterocycles. The summed E-state index contributed by atoms with van der Waals surface area (Å²) < 4.78 is 0. The lowest BCUT2D eigenvalue weighted by atomic mass is 10.1. The number of likely N-dealkylation sites (tertiary alicyclic amines) is 1. The Balaban J connectivity index is 1.87. The van der Waals surface area contributed by atoms with Gasteiger partial charge < -0.3 is 5.73 Å². The fourth-order valence-electron chi connectivity index (χ4n) is 2.73. The molecule has 6 nitrogen and oxygen atoms in total. The second kappa shape index (κ2) is 5.97. The van der Waals surface area contributed by atoms with Gasteiger partial charge in [-0.1, -0.05) is 6.07 Å². The Labute approximate surface area is 123 Å². The van der Waals surface area contributed by atoms with E-state index >= 15 is 0 Å². The molecule has 6 heteroatoms. The van der Waals surface area contributed by atoms with E-state index in [1.807, 2.05) is 24.3 Å². The molecule has 0 aromatic carbocycles. The average molecular weight is 283 g/mol. The molecule has 0 radical (unpaired) electrons. The summed E-state index contributed by atoms with van der Waals surface area (Å²) in [4.78, 5) is 26.4. The van der Waals surface area contributed by atoms with Crippen LogP contribution in [0.2, 0.25) is 0 Å². The maximum Gasteiger partial charge on any atom is 0.231 e. The number of rotatable bonds is 4. The molecule has 1 saturated heterocycles. The van der Waals surface area contributed by atoms with Gasteiger partial charge in [-0.05, 0) is 37.6 Å². The highest BCUT2D eigenvalue weighted by Gasteiger charge is 2.28. The lowest BCUT2D eigenvalue weighted by Gasteiger charge is -2.22. The van der Waals surface area contributed by atoms with E-state index in [1.54, 1.807) is 12.4 Å². The Morgan fingerprint density at radius 3 is 2.95 bits per heavy atom. The minimum atomic E-state index is -0.305. The largest absolute Gasteiger partial charge is 0.369 e. The molecule has 0 bridgehead atoms. The molecular weight excluding hydrogens is 266 g/mol. The molecule has 1 aliphatic rings. The van der Waals surface area contributed by atoms with Gasteiger partial charge in [-0.25, -0.2) is 9.97 Å². The van der Waals surface area contributed by atoms with Gasteiger partial charge in [0, 0.05) is 12.4 Å². The van der Waals surface area contributed by atoms with Crippen LogP contribution in [0.1, 0.15) is 24.6 Å². The molecule has 3 rings (SSSR count).